The molecule has 0 saturated carbocycles. The van der Waals surface area contributed by atoms with Crippen LogP contribution in [0.1, 0.15) is 5.89 Å². The van der Waals surface area contributed by atoms with Crippen molar-refractivity contribution in [1.82, 2.24) is 4.98 Å². The number of aromatic nitrogens is 1. The Morgan fingerprint density at radius 2 is 2.25 bits per heavy atom. The van der Waals surface area contributed by atoms with Gasteiger partial charge in [0.05, 0.1) is 5.69 Å². The van der Waals surface area contributed by atoms with Gasteiger partial charge >= 0.3 is 0 Å². The van der Waals surface area contributed by atoms with E-state index >= 15 is 0 Å². The molecule has 1 N–H and O–H groups in total. The minimum absolute atomic E-state index is 0.702. The molecule has 0 saturated heterocycles. The van der Waals surface area contributed by atoms with Crippen LogP contribution in [0.15, 0.2) is 22.6 Å². The second-order valence-corrected chi connectivity index (χ2v) is 2.64. The summed E-state index contributed by atoms with van der Waals surface area (Å²) in [5.41, 5.74) is 2.74. The molecule has 3 nitrogen and oxygen atoms in total. The van der Waals surface area contributed by atoms with Crippen LogP contribution in [-0.4, -0.2) is 12.0 Å². The van der Waals surface area contributed by atoms with Crippen LogP contribution in [0.2, 0.25) is 0 Å². The number of benzene rings is 1. The molecule has 0 aliphatic heterocycles. The number of para-hydroxylation sites is 1. The highest BCUT2D eigenvalue weighted by Gasteiger charge is 2.04. The van der Waals surface area contributed by atoms with Crippen LogP contribution in [0.5, 0.6) is 0 Å². The standard InChI is InChI=1S/C9H10N2O/c1-6-11-9-7(10-2)4-3-5-8(9)12-6/h3-5,10H,1-2H3. The summed E-state index contributed by atoms with van der Waals surface area (Å²) in [5.74, 6) is 0.702. The molecule has 0 aliphatic rings. The summed E-state index contributed by atoms with van der Waals surface area (Å²) in [5, 5.41) is 3.06. The number of rotatable bonds is 1. The van der Waals surface area contributed by atoms with Gasteiger partial charge in [-0.1, -0.05) is 6.07 Å². The van der Waals surface area contributed by atoms with Crippen LogP contribution in [0, 0.1) is 6.92 Å². The average Bonchev–Trinajstić information content (AvgIpc) is 2.44. The summed E-state index contributed by atoms with van der Waals surface area (Å²) in [6, 6.07) is 5.83. The van der Waals surface area contributed by atoms with Gasteiger partial charge in [0, 0.05) is 14.0 Å². The number of nitrogens with zero attached hydrogens (tertiary/aromatic N) is 1. The first-order valence-corrected chi connectivity index (χ1v) is 3.85. The molecule has 1 aromatic carbocycles. The number of fused-ring (bicyclic) bond motifs is 1. The van der Waals surface area contributed by atoms with E-state index in [4.69, 9.17) is 4.42 Å². The van der Waals surface area contributed by atoms with Crippen molar-refractivity contribution in [3.05, 3.63) is 24.1 Å². The predicted molar refractivity (Wildman–Crippen MR) is 48.3 cm³/mol. The topological polar surface area (TPSA) is 38.1 Å². The van der Waals surface area contributed by atoms with Gasteiger partial charge in [-0.3, -0.25) is 0 Å². The number of oxazole rings is 1. The monoisotopic (exact) mass is 162 g/mol. The summed E-state index contributed by atoms with van der Waals surface area (Å²) < 4.78 is 5.36. The zero-order chi connectivity index (χ0) is 8.55. The number of hydrogen-bond donors (Lipinski definition) is 1. The second kappa shape index (κ2) is 2.52. The molecule has 62 valence electrons. The van der Waals surface area contributed by atoms with Gasteiger partial charge in [-0.15, -0.1) is 0 Å². The van der Waals surface area contributed by atoms with E-state index in [1.807, 2.05) is 32.2 Å². The lowest BCUT2D eigenvalue weighted by Gasteiger charge is -1.97. The fourth-order valence-corrected chi connectivity index (χ4v) is 1.26. The van der Waals surface area contributed by atoms with Crippen LogP contribution >= 0.6 is 0 Å². The molecule has 0 bridgehead atoms. The molecule has 0 aliphatic carbocycles. The van der Waals surface area contributed by atoms with Gasteiger partial charge in [-0.2, -0.15) is 0 Å². The van der Waals surface area contributed by atoms with Crippen LogP contribution in [0.3, 0.4) is 0 Å². The average molecular weight is 162 g/mol. The summed E-state index contributed by atoms with van der Waals surface area (Å²) in [4.78, 5) is 4.25. The van der Waals surface area contributed by atoms with E-state index in [9.17, 15) is 0 Å². The van der Waals surface area contributed by atoms with Crippen molar-refractivity contribution in [2.45, 2.75) is 6.92 Å². The maximum Gasteiger partial charge on any atom is 0.192 e. The summed E-state index contributed by atoms with van der Waals surface area (Å²) in [6.45, 7) is 1.85. The van der Waals surface area contributed by atoms with Gasteiger partial charge in [-0.25, -0.2) is 4.98 Å². The maximum absolute atomic E-state index is 5.36. The minimum atomic E-state index is 0.702. The third-order valence-corrected chi connectivity index (χ3v) is 1.80. The van der Waals surface area contributed by atoms with Gasteiger partial charge in [0.2, 0.25) is 0 Å². The predicted octanol–water partition coefficient (Wildman–Crippen LogP) is 2.18. The van der Waals surface area contributed by atoms with Crippen molar-refractivity contribution < 1.29 is 4.42 Å². The summed E-state index contributed by atoms with van der Waals surface area (Å²) >= 11 is 0. The first-order chi connectivity index (χ1) is 5.81. The Hall–Kier alpha value is -1.51. The largest absolute Gasteiger partial charge is 0.441 e. The van der Waals surface area contributed by atoms with E-state index in [-0.39, 0.29) is 0 Å². The molecule has 3 heteroatoms. The van der Waals surface area contributed by atoms with Gasteiger partial charge in [0.25, 0.3) is 0 Å². The molecule has 0 unspecified atom stereocenters. The number of nitrogens with one attached hydrogen (secondary N) is 1. The molecule has 0 amide bonds. The van der Waals surface area contributed by atoms with E-state index < -0.39 is 0 Å². The summed E-state index contributed by atoms with van der Waals surface area (Å²) in [7, 11) is 1.87. The maximum atomic E-state index is 5.36. The highest BCUT2D eigenvalue weighted by atomic mass is 16.3. The van der Waals surface area contributed by atoms with Crippen molar-refractivity contribution in [1.29, 1.82) is 0 Å². The van der Waals surface area contributed by atoms with E-state index in [0.29, 0.717) is 5.89 Å². The fourth-order valence-electron chi connectivity index (χ4n) is 1.26. The lowest BCUT2D eigenvalue weighted by molar-refractivity contribution is 0.561. The SMILES string of the molecule is CNc1cccc2oc(C)nc12. The highest BCUT2D eigenvalue weighted by Crippen LogP contribution is 2.22. The molecular formula is C9H10N2O. The second-order valence-electron chi connectivity index (χ2n) is 2.64. The Morgan fingerprint density at radius 1 is 1.42 bits per heavy atom. The lowest BCUT2D eigenvalue weighted by Crippen LogP contribution is -1.88. The van der Waals surface area contributed by atoms with Crippen LogP contribution in [0.25, 0.3) is 11.1 Å². The molecule has 0 fully saturated rings. The zero-order valence-electron chi connectivity index (χ0n) is 7.09. The molecule has 0 spiro atoms. The van der Waals surface area contributed by atoms with Gasteiger partial charge < -0.3 is 9.73 Å². The van der Waals surface area contributed by atoms with Crippen LogP contribution in [0.4, 0.5) is 5.69 Å². The van der Waals surface area contributed by atoms with E-state index in [0.717, 1.165) is 16.8 Å². The molecule has 1 aromatic heterocycles. The lowest BCUT2D eigenvalue weighted by atomic mass is 10.3. The van der Waals surface area contributed by atoms with E-state index in [1.165, 1.54) is 0 Å². The number of hydrogen-bond acceptors (Lipinski definition) is 3. The molecule has 2 rings (SSSR count). The third kappa shape index (κ3) is 0.942. The van der Waals surface area contributed by atoms with Crippen LogP contribution in [-0.2, 0) is 0 Å². The van der Waals surface area contributed by atoms with E-state index in [1.54, 1.807) is 0 Å². The molecule has 1 heterocycles. The molecule has 2 aromatic rings. The smallest absolute Gasteiger partial charge is 0.192 e. The summed E-state index contributed by atoms with van der Waals surface area (Å²) in [6.07, 6.45) is 0. The van der Waals surface area contributed by atoms with Gasteiger partial charge in [-0.05, 0) is 12.1 Å². The molecule has 0 atom stereocenters. The Bertz CT molecular complexity index is 406. The fraction of sp³-hybridized carbons (Fsp3) is 0.222. The van der Waals surface area contributed by atoms with Gasteiger partial charge in [0.1, 0.15) is 5.52 Å². The molecular weight excluding hydrogens is 152 g/mol. The Morgan fingerprint density at radius 3 is 3.00 bits per heavy atom. The van der Waals surface area contributed by atoms with Gasteiger partial charge in [0.15, 0.2) is 11.5 Å². The van der Waals surface area contributed by atoms with Crippen molar-refractivity contribution in [3.8, 4) is 0 Å². The van der Waals surface area contributed by atoms with Crippen molar-refractivity contribution in [3.63, 3.8) is 0 Å². The first kappa shape index (κ1) is 7.16. The zero-order valence-corrected chi connectivity index (χ0v) is 7.09. The third-order valence-electron chi connectivity index (χ3n) is 1.80. The van der Waals surface area contributed by atoms with Crippen molar-refractivity contribution in [2.24, 2.45) is 0 Å². The Kier molecular flexibility index (Phi) is 1.50. The first-order valence-electron chi connectivity index (χ1n) is 3.85. The quantitative estimate of drug-likeness (QED) is 0.698. The van der Waals surface area contributed by atoms with Crippen molar-refractivity contribution in [2.75, 3.05) is 12.4 Å². The minimum Gasteiger partial charge on any atom is -0.441 e. The Balaban J connectivity index is 2.78. The molecule has 12 heavy (non-hydrogen) atoms. The highest BCUT2D eigenvalue weighted by molar-refractivity contribution is 5.86. The number of anilines is 1. The number of aryl methyl sites for hydroxylation is 1. The molecule has 0 radical (unpaired) electrons. The van der Waals surface area contributed by atoms with Crippen LogP contribution < -0.4 is 5.32 Å². The van der Waals surface area contributed by atoms with E-state index in [2.05, 4.69) is 10.3 Å². The Labute approximate surface area is 70.4 Å². The normalized spacial score (nSPS) is 10.5. The van der Waals surface area contributed by atoms with Crippen molar-refractivity contribution >= 4 is 16.8 Å².